The fourth-order valence-electron chi connectivity index (χ4n) is 8.39. The number of carbonyl (C=O) groups excluding carboxylic acids is 11. The van der Waals surface area contributed by atoms with Crippen molar-refractivity contribution >= 4 is 92.5 Å². The molecule has 426 valence electrons. The standard InChI is InChI=1S/C50H72N14O12S2/c1-4-76-30-16-14-29(15-17-30)23-33-44(71)61-34(22-28-10-6-5-7-11-28)45(72)59-32(18-19-38(51)65)43(70)62-35(24-39(52)66)46(73)63-36(27-77-78-50(2,3)25-41(68)58-33)48(75)64-21-9-13-37(64)47(74)60-31(12-8-20-56-49(54)55)42(69)57-26-40(53)67/h5-7,10-11,14-17,31-37H,4,8-9,12-13,18-27H2,1-3H3,(H2,51,65)(H2,52,66)(H2,53,67)(H,57,69)(H,58,68)(H,59,72)(H,60,74)(H,61,71)(H,62,70)(H,63,73)(H4,54,55,56)/t31-,32+,33+,34+,35+,36+,37+/m1/s1. The molecule has 17 N–H and O–H groups in total. The van der Waals surface area contributed by atoms with E-state index < -0.39 is 138 Å². The molecule has 2 aliphatic heterocycles. The molecule has 78 heavy (non-hydrogen) atoms. The quantitative estimate of drug-likeness (QED) is 0.0259. The van der Waals surface area contributed by atoms with Crippen LogP contribution < -0.4 is 70.6 Å². The molecule has 2 heterocycles. The van der Waals surface area contributed by atoms with Gasteiger partial charge in [0.15, 0.2) is 5.96 Å². The number of hydrogen-bond acceptors (Lipinski definition) is 15. The maximum atomic E-state index is 14.8. The number of amides is 11. The fourth-order valence-corrected chi connectivity index (χ4v) is 11.1. The van der Waals surface area contributed by atoms with Gasteiger partial charge >= 0.3 is 0 Å². The molecule has 0 radical (unpaired) electrons. The lowest BCUT2D eigenvalue weighted by atomic mass is 10.0. The molecule has 0 spiro atoms. The lowest BCUT2D eigenvalue weighted by molar-refractivity contribution is -0.142. The molecule has 0 aromatic heterocycles. The van der Waals surface area contributed by atoms with Crippen LogP contribution in [0.3, 0.4) is 0 Å². The van der Waals surface area contributed by atoms with Gasteiger partial charge < -0.3 is 75.5 Å². The third-order valence-corrected chi connectivity index (χ3v) is 15.5. The minimum Gasteiger partial charge on any atom is -0.494 e. The summed E-state index contributed by atoms with van der Waals surface area (Å²) < 4.78 is 4.66. The summed E-state index contributed by atoms with van der Waals surface area (Å²) in [6.07, 6.45) is -1.29. The van der Waals surface area contributed by atoms with Crippen LogP contribution in [0.15, 0.2) is 59.6 Å². The van der Waals surface area contributed by atoms with Crippen LogP contribution in [-0.4, -0.2) is 155 Å². The molecule has 0 aliphatic carbocycles. The molecule has 2 aromatic carbocycles. The highest BCUT2D eigenvalue weighted by Gasteiger charge is 2.41. The van der Waals surface area contributed by atoms with Crippen molar-refractivity contribution in [2.75, 3.05) is 32.0 Å². The number of hydrogen-bond donors (Lipinski definition) is 12. The second kappa shape index (κ2) is 31.0. The van der Waals surface area contributed by atoms with E-state index in [-0.39, 0.29) is 63.3 Å². The van der Waals surface area contributed by atoms with Crippen molar-refractivity contribution in [2.45, 2.75) is 132 Å². The number of ether oxygens (including phenoxy) is 1. The number of benzene rings is 2. The smallest absolute Gasteiger partial charge is 0.246 e. The van der Waals surface area contributed by atoms with Crippen molar-refractivity contribution in [3.8, 4) is 5.75 Å². The van der Waals surface area contributed by atoms with Crippen LogP contribution in [-0.2, 0) is 65.6 Å². The van der Waals surface area contributed by atoms with Gasteiger partial charge in [-0.25, -0.2) is 0 Å². The summed E-state index contributed by atoms with van der Waals surface area (Å²) in [4.78, 5) is 155. The van der Waals surface area contributed by atoms with Crippen molar-refractivity contribution in [1.82, 2.24) is 42.1 Å². The zero-order chi connectivity index (χ0) is 57.5. The molecule has 4 rings (SSSR count). The summed E-state index contributed by atoms with van der Waals surface area (Å²) in [5.74, 6) is -9.16. The van der Waals surface area contributed by atoms with Crippen LogP contribution >= 0.6 is 21.6 Å². The first-order chi connectivity index (χ1) is 36.9. The van der Waals surface area contributed by atoms with Crippen molar-refractivity contribution in [3.63, 3.8) is 0 Å². The Bertz CT molecular complexity index is 2500. The molecule has 11 amide bonds. The number of nitrogens with zero attached hydrogens (tertiary/aromatic N) is 2. The Labute approximate surface area is 459 Å². The Morgan fingerprint density at radius 1 is 0.769 bits per heavy atom. The SMILES string of the molecule is CCOc1ccc(C[C@@H]2NC(=O)CC(C)(C)SSC[C@@H](C(=O)N3CCC[C@H]3C(=O)N[C@H](CCCN=C(N)N)C(=O)NCC(N)=O)NC(=O)[C@H](CC(N)=O)NC(=O)[C@H](CCC(N)=O)NC(=O)[C@H](Cc3ccccc3)NC2=O)cc1. The van der Waals surface area contributed by atoms with Gasteiger partial charge in [-0.2, -0.15) is 0 Å². The van der Waals surface area contributed by atoms with Gasteiger partial charge in [0.25, 0.3) is 0 Å². The van der Waals surface area contributed by atoms with Crippen molar-refractivity contribution in [1.29, 1.82) is 0 Å². The van der Waals surface area contributed by atoms with E-state index in [0.29, 0.717) is 29.9 Å². The Morgan fingerprint density at radius 3 is 1.99 bits per heavy atom. The van der Waals surface area contributed by atoms with Crippen LogP contribution in [0.25, 0.3) is 0 Å². The lowest BCUT2D eigenvalue weighted by Gasteiger charge is -2.31. The zero-order valence-electron chi connectivity index (χ0n) is 43.8. The summed E-state index contributed by atoms with van der Waals surface area (Å²) >= 11 is 0. The Kier molecular flexibility index (Phi) is 25.0. The molecule has 0 bridgehead atoms. The van der Waals surface area contributed by atoms with Gasteiger partial charge in [-0.15, -0.1) is 0 Å². The average molecular weight is 1130 g/mol. The molecule has 2 saturated heterocycles. The zero-order valence-corrected chi connectivity index (χ0v) is 45.5. The monoisotopic (exact) mass is 1120 g/mol. The number of rotatable bonds is 21. The molecule has 0 unspecified atom stereocenters. The van der Waals surface area contributed by atoms with Gasteiger partial charge in [0.05, 0.1) is 19.6 Å². The third-order valence-electron chi connectivity index (χ3n) is 12.2. The number of aliphatic imine (C=N–C) groups is 1. The summed E-state index contributed by atoms with van der Waals surface area (Å²) in [6, 6.07) is 5.58. The highest BCUT2D eigenvalue weighted by atomic mass is 33.1. The Hall–Kier alpha value is -7.62. The molecule has 0 saturated carbocycles. The number of nitrogens with two attached hydrogens (primary N) is 5. The minimum absolute atomic E-state index is 0.0129. The second-order valence-corrected chi connectivity index (χ2v) is 22.2. The lowest BCUT2D eigenvalue weighted by Crippen LogP contribution is -2.61. The van der Waals surface area contributed by atoms with E-state index in [1.165, 1.54) is 15.7 Å². The topological polar surface area (TPSA) is 427 Å². The molecule has 26 nitrogen and oxygen atoms in total. The minimum atomic E-state index is -1.78. The van der Waals surface area contributed by atoms with Gasteiger partial charge in [0, 0.05) is 49.3 Å². The fraction of sp³-hybridized carbons (Fsp3) is 0.520. The first-order valence-electron chi connectivity index (χ1n) is 25.3. The van der Waals surface area contributed by atoms with E-state index in [2.05, 4.69) is 42.2 Å². The molecule has 7 atom stereocenters. The Morgan fingerprint density at radius 2 is 1.37 bits per heavy atom. The highest BCUT2D eigenvalue weighted by molar-refractivity contribution is 8.77. The predicted octanol–water partition coefficient (Wildman–Crippen LogP) is -2.87. The maximum absolute atomic E-state index is 14.8. The largest absolute Gasteiger partial charge is 0.494 e. The van der Waals surface area contributed by atoms with Crippen molar-refractivity contribution in [2.24, 2.45) is 33.7 Å². The average Bonchev–Trinajstić information content (AvgIpc) is 3.87. The molecule has 28 heteroatoms. The van der Waals surface area contributed by atoms with E-state index in [1.54, 1.807) is 68.4 Å². The first-order valence-corrected chi connectivity index (χ1v) is 27.6. The summed E-state index contributed by atoms with van der Waals surface area (Å²) in [5.41, 5.74) is 28.4. The normalized spacial score (nSPS) is 21.9. The van der Waals surface area contributed by atoms with Gasteiger partial charge in [-0.1, -0.05) is 64.1 Å². The predicted molar refractivity (Wildman–Crippen MR) is 291 cm³/mol. The molecule has 2 aromatic rings. The van der Waals surface area contributed by atoms with E-state index in [0.717, 1.165) is 10.8 Å². The van der Waals surface area contributed by atoms with E-state index in [1.807, 2.05) is 6.92 Å². The number of guanidine groups is 1. The number of carbonyl (C=O) groups is 11. The third kappa shape index (κ3) is 21.4. The number of likely N-dealkylation sites (tertiary alicyclic amines) is 1. The van der Waals surface area contributed by atoms with Crippen LogP contribution in [0.1, 0.15) is 83.3 Å². The summed E-state index contributed by atoms with van der Waals surface area (Å²) in [6.45, 7) is 5.33. The summed E-state index contributed by atoms with van der Waals surface area (Å²) in [7, 11) is 2.25. The van der Waals surface area contributed by atoms with E-state index in [4.69, 9.17) is 33.4 Å². The van der Waals surface area contributed by atoms with Crippen LogP contribution in [0, 0.1) is 0 Å². The molecular formula is C50H72N14O12S2. The molecular weight excluding hydrogens is 1050 g/mol. The van der Waals surface area contributed by atoms with E-state index >= 15 is 0 Å². The van der Waals surface area contributed by atoms with Crippen molar-refractivity contribution in [3.05, 3.63) is 65.7 Å². The highest BCUT2D eigenvalue weighted by Crippen LogP contribution is 2.39. The number of nitrogens with one attached hydrogen (secondary N) is 7. The van der Waals surface area contributed by atoms with Gasteiger partial charge in [0.1, 0.15) is 48.0 Å². The molecule has 2 fully saturated rings. The van der Waals surface area contributed by atoms with Crippen molar-refractivity contribution < 1.29 is 57.5 Å². The van der Waals surface area contributed by atoms with Crippen LogP contribution in [0.5, 0.6) is 5.75 Å². The second-order valence-electron chi connectivity index (χ2n) is 19.2. The van der Waals surface area contributed by atoms with Gasteiger partial charge in [-0.05, 0) is 76.1 Å². The molecule has 2 aliphatic rings. The maximum Gasteiger partial charge on any atom is 0.246 e. The van der Waals surface area contributed by atoms with Gasteiger partial charge in [0.2, 0.25) is 65.0 Å². The van der Waals surface area contributed by atoms with Crippen LogP contribution in [0.4, 0.5) is 0 Å². The van der Waals surface area contributed by atoms with Crippen LogP contribution in [0.2, 0.25) is 0 Å². The summed E-state index contributed by atoms with van der Waals surface area (Å²) in [5, 5.41) is 18.2. The number of primary amides is 3. The van der Waals surface area contributed by atoms with E-state index in [9.17, 15) is 52.7 Å². The first kappa shape index (κ1) is 62.9. The van der Waals surface area contributed by atoms with Gasteiger partial charge in [-0.3, -0.25) is 57.7 Å². The Balaban J connectivity index is 1.74.